The number of phenols is 1. The molecule has 0 atom stereocenters. The molecule has 1 heterocycles. The van der Waals surface area contributed by atoms with E-state index in [4.69, 9.17) is 9.63 Å². The van der Waals surface area contributed by atoms with Crippen molar-refractivity contribution in [1.82, 2.24) is 9.88 Å². The van der Waals surface area contributed by atoms with Gasteiger partial charge in [-0.05, 0) is 25.1 Å². The second kappa shape index (κ2) is 5.54. The van der Waals surface area contributed by atoms with E-state index in [2.05, 4.69) is 9.88 Å². The van der Waals surface area contributed by atoms with Crippen molar-refractivity contribution in [3.05, 3.63) is 41.3 Å². The second-order valence-electron chi connectivity index (χ2n) is 4.24. The van der Waals surface area contributed by atoms with Gasteiger partial charge in [-0.15, -0.1) is 0 Å². The number of hydrogen-bond donors (Lipinski definition) is 3. The number of carboxylic acids is 1. The van der Waals surface area contributed by atoms with Gasteiger partial charge in [0.2, 0.25) is 10.0 Å². The quantitative estimate of drug-likeness (QED) is 0.746. The molecular formula is C12H12N2O6S. The molecule has 9 heteroatoms. The fourth-order valence-corrected chi connectivity index (χ4v) is 2.62. The third-order valence-electron chi connectivity index (χ3n) is 2.62. The van der Waals surface area contributed by atoms with Crippen LogP contribution in [0.1, 0.15) is 21.8 Å². The lowest BCUT2D eigenvalue weighted by atomic mass is 10.2. The number of rotatable bonds is 5. The Labute approximate surface area is 120 Å². The molecule has 0 unspecified atom stereocenters. The SMILES string of the molecule is Cc1cc(CNS(=O)(=O)c2ccc(O)c(C(=O)O)c2)on1. The monoisotopic (exact) mass is 312 g/mol. The Morgan fingerprint density at radius 3 is 2.67 bits per heavy atom. The summed E-state index contributed by atoms with van der Waals surface area (Å²) in [6, 6.07) is 4.57. The maximum Gasteiger partial charge on any atom is 0.339 e. The molecule has 3 N–H and O–H groups in total. The van der Waals surface area contributed by atoms with Crippen LogP contribution in [0.25, 0.3) is 0 Å². The molecule has 0 spiro atoms. The van der Waals surface area contributed by atoms with E-state index in [1.165, 1.54) is 0 Å². The maximum absolute atomic E-state index is 12.1. The molecule has 0 aliphatic rings. The summed E-state index contributed by atoms with van der Waals surface area (Å²) in [6.07, 6.45) is 0. The second-order valence-corrected chi connectivity index (χ2v) is 6.01. The number of carbonyl (C=O) groups is 1. The number of sulfonamides is 1. The minimum Gasteiger partial charge on any atom is -0.507 e. The van der Waals surface area contributed by atoms with Crippen LogP contribution >= 0.6 is 0 Å². The lowest BCUT2D eigenvalue weighted by Crippen LogP contribution is -2.23. The van der Waals surface area contributed by atoms with Crippen LogP contribution in [0.3, 0.4) is 0 Å². The molecule has 112 valence electrons. The van der Waals surface area contributed by atoms with Crippen molar-refractivity contribution >= 4 is 16.0 Å². The summed E-state index contributed by atoms with van der Waals surface area (Å²) in [5, 5.41) is 21.8. The first-order chi connectivity index (χ1) is 9.79. The molecule has 2 rings (SSSR count). The van der Waals surface area contributed by atoms with Gasteiger partial charge in [-0.2, -0.15) is 0 Å². The van der Waals surface area contributed by atoms with Crippen LogP contribution < -0.4 is 4.72 Å². The minimum atomic E-state index is -3.93. The normalized spacial score (nSPS) is 11.5. The molecule has 0 saturated heterocycles. The zero-order chi connectivity index (χ0) is 15.6. The largest absolute Gasteiger partial charge is 0.507 e. The molecule has 0 amide bonds. The van der Waals surface area contributed by atoms with Crippen molar-refractivity contribution in [2.75, 3.05) is 0 Å². The summed E-state index contributed by atoms with van der Waals surface area (Å²) in [5.74, 6) is -1.60. The molecule has 0 aliphatic heterocycles. The summed E-state index contributed by atoms with van der Waals surface area (Å²) >= 11 is 0. The number of aryl methyl sites for hydroxylation is 1. The van der Waals surface area contributed by atoms with E-state index in [-0.39, 0.29) is 11.4 Å². The Hall–Kier alpha value is -2.39. The van der Waals surface area contributed by atoms with Crippen LogP contribution in [0.4, 0.5) is 0 Å². The Balaban J connectivity index is 2.23. The summed E-state index contributed by atoms with van der Waals surface area (Å²) in [4.78, 5) is 10.6. The van der Waals surface area contributed by atoms with Crippen molar-refractivity contribution in [3.8, 4) is 5.75 Å². The van der Waals surface area contributed by atoms with E-state index < -0.39 is 27.3 Å². The van der Waals surface area contributed by atoms with Gasteiger partial charge < -0.3 is 14.7 Å². The lowest BCUT2D eigenvalue weighted by molar-refractivity contribution is 0.0693. The van der Waals surface area contributed by atoms with Crippen molar-refractivity contribution in [3.63, 3.8) is 0 Å². The van der Waals surface area contributed by atoms with E-state index in [0.29, 0.717) is 11.5 Å². The molecule has 0 radical (unpaired) electrons. The number of nitrogens with zero attached hydrogens (tertiary/aromatic N) is 1. The third kappa shape index (κ3) is 3.38. The van der Waals surface area contributed by atoms with Gasteiger partial charge in [0.15, 0.2) is 5.76 Å². The molecular weight excluding hydrogens is 300 g/mol. The van der Waals surface area contributed by atoms with Crippen LogP contribution in [0.5, 0.6) is 5.75 Å². The average molecular weight is 312 g/mol. The Morgan fingerprint density at radius 2 is 2.10 bits per heavy atom. The number of aromatic nitrogens is 1. The van der Waals surface area contributed by atoms with Gasteiger partial charge in [0, 0.05) is 6.07 Å². The Kier molecular flexibility index (Phi) is 3.96. The molecule has 8 nitrogen and oxygen atoms in total. The van der Waals surface area contributed by atoms with E-state index in [0.717, 1.165) is 18.2 Å². The van der Waals surface area contributed by atoms with Gasteiger partial charge in [-0.1, -0.05) is 5.16 Å². The molecule has 0 saturated carbocycles. The van der Waals surface area contributed by atoms with Gasteiger partial charge >= 0.3 is 5.97 Å². The first kappa shape index (κ1) is 15.0. The van der Waals surface area contributed by atoms with Crippen molar-refractivity contribution in [1.29, 1.82) is 0 Å². The zero-order valence-corrected chi connectivity index (χ0v) is 11.7. The predicted molar refractivity (Wildman–Crippen MR) is 70.3 cm³/mol. The van der Waals surface area contributed by atoms with E-state index in [1.807, 2.05) is 0 Å². The van der Waals surface area contributed by atoms with Crippen LogP contribution in [-0.2, 0) is 16.6 Å². The lowest BCUT2D eigenvalue weighted by Gasteiger charge is -2.07. The highest BCUT2D eigenvalue weighted by Crippen LogP contribution is 2.21. The summed E-state index contributed by atoms with van der Waals surface area (Å²) in [7, 11) is -3.93. The Morgan fingerprint density at radius 1 is 1.38 bits per heavy atom. The smallest absolute Gasteiger partial charge is 0.339 e. The summed E-state index contributed by atoms with van der Waals surface area (Å²) in [6.45, 7) is 1.58. The van der Waals surface area contributed by atoms with Crippen LogP contribution in [0, 0.1) is 6.92 Å². The predicted octanol–water partition coefficient (Wildman–Crippen LogP) is 0.865. The number of nitrogens with one attached hydrogen (secondary N) is 1. The van der Waals surface area contributed by atoms with Gasteiger partial charge in [-0.25, -0.2) is 17.9 Å². The number of hydrogen-bond acceptors (Lipinski definition) is 6. The highest BCUT2D eigenvalue weighted by atomic mass is 32.2. The zero-order valence-electron chi connectivity index (χ0n) is 10.9. The van der Waals surface area contributed by atoms with Gasteiger partial charge in [0.25, 0.3) is 0 Å². The van der Waals surface area contributed by atoms with E-state index in [9.17, 15) is 18.3 Å². The first-order valence-corrected chi connectivity index (χ1v) is 7.26. The molecule has 0 bridgehead atoms. The highest BCUT2D eigenvalue weighted by Gasteiger charge is 2.19. The van der Waals surface area contributed by atoms with Crippen LogP contribution in [0.2, 0.25) is 0 Å². The number of aromatic hydroxyl groups is 1. The molecule has 21 heavy (non-hydrogen) atoms. The Bertz CT molecular complexity index is 781. The summed E-state index contributed by atoms with van der Waals surface area (Å²) < 4.78 is 31.2. The number of carboxylic acid groups (broad SMARTS) is 1. The number of aromatic carboxylic acids is 1. The topological polar surface area (TPSA) is 130 Å². The molecule has 2 aromatic rings. The van der Waals surface area contributed by atoms with Crippen molar-refractivity contribution in [2.45, 2.75) is 18.4 Å². The maximum atomic E-state index is 12.1. The van der Waals surface area contributed by atoms with Crippen LogP contribution in [0.15, 0.2) is 33.7 Å². The standard InChI is InChI=1S/C12H12N2O6S/c1-7-4-8(20-14-7)6-13-21(18,19)9-2-3-11(15)10(5-9)12(16)17/h2-5,13,15H,6H2,1H3,(H,16,17). The number of benzene rings is 1. The fourth-order valence-electron chi connectivity index (χ4n) is 1.60. The summed E-state index contributed by atoms with van der Waals surface area (Å²) in [5.41, 5.74) is 0.121. The third-order valence-corrected chi connectivity index (χ3v) is 4.02. The van der Waals surface area contributed by atoms with Crippen molar-refractivity contribution < 1.29 is 27.9 Å². The van der Waals surface area contributed by atoms with Crippen molar-refractivity contribution in [2.24, 2.45) is 0 Å². The van der Waals surface area contributed by atoms with Crippen LogP contribution in [-0.4, -0.2) is 29.8 Å². The van der Waals surface area contributed by atoms with Gasteiger partial charge in [-0.3, -0.25) is 0 Å². The molecule has 0 fully saturated rings. The fraction of sp³-hybridized carbons (Fsp3) is 0.167. The average Bonchev–Trinajstić information content (AvgIpc) is 2.82. The van der Waals surface area contributed by atoms with Gasteiger partial charge in [0.1, 0.15) is 11.3 Å². The minimum absolute atomic E-state index is 0.119. The van der Waals surface area contributed by atoms with Gasteiger partial charge in [0.05, 0.1) is 17.1 Å². The van der Waals surface area contributed by atoms with E-state index >= 15 is 0 Å². The first-order valence-electron chi connectivity index (χ1n) is 5.78. The highest BCUT2D eigenvalue weighted by molar-refractivity contribution is 7.89. The molecule has 1 aromatic heterocycles. The molecule has 0 aliphatic carbocycles. The van der Waals surface area contributed by atoms with E-state index in [1.54, 1.807) is 13.0 Å². The molecule has 1 aromatic carbocycles.